The summed E-state index contributed by atoms with van der Waals surface area (Å²) in [6.45, 7) is 0. The molecule has 0 fully saturated rings. The third kappa shape index (κ3) is 2.47. The van der Waals surface area contributed by atoms with E-state index in [-0.39, 0.29) is 4.34 Å². The zero-order valence-corrected chi connectivity index (χ0v) is 11.4. The van der Waals surface area contributed by atoms with Crippen LogP contribution in [0.5, 0.6) is 0 Å². The van der Waals surface area contributed by atoms with Gasteiger partial charge in [0.1, 0.15) is 0 Å². The molecule has 0 N–H and O–H groups in total. The van der Waals surface area contributed by atoms with E-state index in [0.717, 1.165) is 27.8 Å². The van der Waals surface area contributed by atoms with Gasteiger partial charge in [-0.05, 0) is 23.7 Å². The number of aromatic nitrogens is 2. The fourth-order valence-corrected chi connectivity index (χ4v) is 2.68. The van der Waals surface area contributed by atoms with E-state index in [9.17, 15) is 8.42 Å². The Morgan fingerprint density at radius 2 is 1.88 bits per heavy atom. The van der Waals surface area contributed by atoms with E-state index in [0.29, 0.717) is 5.82 Å². The molecule has 4 nitrogen and oxygen atoms in total. The van der Waals surface area contributed by atoms with Crippen LogP contribution in [0.2, 0.25) is 0 Å². The molecule has 7 heteroatoms. The molecule has 0 aliphatic rings. The topological polar surface area (TPSA) is 59.9 Å². The van der Waals surface area contributed by atoms with Crippen molar-refractivity contribution in [2.24, 2.45) is 0 Å². The second-order valence-electron chi connectivity index (χ2n) is 3.16. The van der Waals surface area contributed by atoms with Crippen molar-refractivity contribution in [1.29, 1.82) is 0 Å². The van der Waals surface area contributed by atoms with Gasteiger partial charge in [-0.2, -0.15) is 4.37 Å². The number of rotatable bonds is 2. The van der Waals surface area contributed by atoms with Gasteiger partial charge in [-0.1, -0.05) is 28.1 Å². The van der Waals surface area contributed by atoms with Crippen LogP contribution in [0.4, 0.5) is 0 Å². The summed E-state index contributed by atoms with van der Waals surface area (Å²) in [6.07, 6.45) is 1.12. The van der Waals surface area contributed by atoms with Crippen molar-refractivity contribution < 1.29 is 8.42 Å². The van der Waals surface area contributed by atoms with Crippen molar-refractivity contribution in [1.82, 2.24) is 9.36 Å². The highest BCUT2D eigenvalue weighted by Crippen LogP contribution is 2.22. The first-order chi connectivity index (χ1) is 7.47. The number of halogens is 1. The molecule has 1 aromatic carbocycles. The number of hydrogen-bond donors (Lipinski definition) is 0. The quantitative estimate of drug-likeness (QED) is 0.853. The molecule has 0 spiro atoms. The molecule has 2 aromatic rings. The summed E-state index contributed by atoms with van der Waals surface area (Å²) in [5.74, 6) is 0.443. The number of sulfone groups is 1. The van der Waals surface area contributed by atoms with Crippen LogP contribution in [0.15, 0.2) is 33.1 Å². The summed E-state index contributed by atoms with van der Waals surface area (Å²) >= 11 is 4.22. The van der Waals surface area contributed by atoms with E-state index in [1.54, 1.807) is 0 Å². The van der Waals surface area contributed by atoms with Gasteiger partial charge in [0.2, 0.25) is 14.2 Å². The fourth-order valence-electron chi connectivity index (χ4n) is 1.08. The lowest BCUT2D eigenvalue weighted by Crippen LogP contribution is -1.95. The van der Waals surface area contributed by atoms with E-state index in [4.69, 9.17) is 0 Å². The molecule has 0 atom stereocenters. The molecule has 84 valence electrons. The summed E-state index contributed by atoms with van der Waals surface area (Å²) in [7, 11) is -3.26. The lowest BCUT2D eigenvalue weighted by molar-refractivity contribution is 0.601. The van der Waals surface area contributed by atoms with E-state index in [2.05, 4.69) is 25.3 Å². The van der Waals surface area contributed by atoms with Crippen molar-refractivity contribution in [3.05, 3.63) is 28.7 Å². The molecular formula is C9H7BrN2O2S2. The Labute approximate surface area is 106 Å². The van der Waals surface area contributed by atoms with Crippen LogP contribution in [0, 0.1) is 0 Å². The Morgan fingerprint density at radius 3 is 2.38 bits per heavy atom. The molecule has 0 bridgehead atoms. The fraction of sp³-hybridized carbons (Fsp3) is 0.111. The van der Waals surface area contributed by atoms with Gasteiger partial charge >= 0.3 is 0 Å². The van der Waals surface area contributed by atoms with Crippen LogP contribution in [0.3, 0.4) is 0 Å². The van der Waals surface area contributed by atoms with Crippen LogP contribution in [-0.2, 0) is 9.84 Å². The average Bonchev–Trinajstić information content (AvgIpc) is 2.67. The second kappa shape index (κ2) is 4.23. The molecule has 0 amide bonds. The third-order valence-electron chi connectivity index (χ3n) is 1.83. The van der Waals surface area contributed by atoms with Gasteiger partial charge in [0.15, 0.2) is 5.82 Å². The van der Waals surface area contributed by atoms with Gasteiger partial charge in [-0.3, -0.25) is 0 Å². The predicted molar refractivity (Wildman–Crippen MR) is 66.2 cm³/mol. The largest absolute Gasteiger partial charge is 0.228 e. The molecule has 0 radical (unpaired) electrons. The minimum atomic E-state index is -3.26. The first-order valence-corrected chi connectivity index (χ1v) is 7.72. The lowest BCUT2D eigenvalue weighted by atomic mass is 10.2. The van der Waals surface area contributed by atoms with Crippen LogP contribution in [-0.4, -0.2) is 24.0 Å². The summed E-state index contributed by atoms with van der Waals surface area (Å²) < 4.78 is 27.5. The Balaban J connectivity index is 2.43. The van der Waals surface area contributed by atoms with E-state index >= 15 is 0 Å². The molecule has 1 aromatic heterocycles. The van der Waals surface area contributed by atoms with Crippen molar-refractivity contribution in [2.45, 2.75) is 4.34 Å². The SMILES string of the molecule is CS(=O)(=O)c1nc(-c2ccc(Br)cc2)ns1. The van der Waals surface area contributed by atoms with Gasteiger partial charge in [0, 0.05) is 16.3 Å². The summed E-state index contributed by atoms with van der Waals surface area (Å²) in [5, 5.41) is 0. The van der Waals surface area contributed by atoms with Gasteiger partial charge in [-0.25, -0.2) is 13.4 Å². The number of nitrogens with zero attached hydrogens (tertiary/aromatic N) is 2. The second-order valence-corrected chi connectivity index (χ2v) is 7.02. The molecule has 0 saturated heterocycles. The van der Waals surface area contributed by atoms with Crippen molar-refractivity contribution >= 4 is 37.3 Å². The molecule has 1 heterocycles. The Kier molecular flexibility index (Phi) is 3.09. The first-order valence-electron chi connectivity index (χ1n) is 4.26. The number of hydrogen-bond acceptors (Lipinski definition) is 5. The minimum Gasteiger partial charge on any atom is -0.221 e. The van der Waals surface area contributed by atoms with E-state index < -0.39 is 9.84 Å². The third-order valence-corrected chi connectivity index (χ3v) is 4.72. The molecule has 0 aliphatic heterocycles. The molecule has 2 rings (SSSR count). The smallest absolute Gasteiger partial charge is 0.221 e. The van der Waals surface area contributed by atoms with Crippen molar-refractivity contribution in [2.75, 3.05) is 6.26 Å². The molecule has 0 aliphatic carbocycles. The standard InChI is InChI=1S/C9H7BrN2O2S2/c1-16(13,14)9-11-8(12-15-9)6-2-4-7(10)5-3-6/h2-5H,1H3. The van der Waals surface area contributed by atoms with Gasteiger partial charge in [-0.15, -0.1) is 0 Å². The van der Waals surface area contributed by atoms with Gasteiger partial charge in [0.05, 0.1) is 0 Å². The monoisotopic (exact) mass is 318 g/mol. The maximum Gasteiger partial charge on any atom is 0.228 e. The van der Waals surface area contributed by atoms with Crippen molar-refractivity contribution in [3.63, 3.8) is 0 Å². The first kappa shape index (κ1) is 11.7. The lowest BCUT2D eigenvalue weighted by Gasteiger charge is -1.94. The molecular weight excluding hydrogens is 312 g/mol. The Bertz CT molecular complexity index is 605. The zero-order valence-electron chi connectivity index (χ0n) is 8.21. The van der Waals surface area contributed by atoms with Crippen LogP contribution >= 0.6 is 27.5 Å². The van der Waals surface area contributed by atoms with Crippen LogP contribution in [0.1, 0.15) is 0 Å². The molecule has 0 unspecified atom stereocenters. The van der Waals surface area contributed by atoms with Crippen LogP contribution < -0.4 is 0 Å². The summed E-state index contributed by atoms with van der Waals surface area (Å²) in [4.78, 5) is 3.99. The zero-order chi connectivity index (χ0) is 11.8. The summed E-state index contributed by atoms with van der Waals surface area (Å²) in [5.41, 5.74) is 0.800. The highest BCUT2D eigenvalue weighted by molar-refractivity contribution is 9.10. The van der Waals surface area contributed by atoms with E-state index in [1.165, 1.54) is 0 Å². The molecule has 16 heavy (non-hydrogen) atoms. The average molecular weight is 319 g/mol. The number of benzene rings is 1. The van der Waals surface area contributed by atoms with Gasteiger partial charge in [0.25, 0.3) is 0 Å². The highest BCUT2D eigenvalue weighted by Gasteiger charge is 2.14. The van der Waals surface area contributed by atoms with E-state index in [1.807, 2.05) is 24.3 Å². The highest BCUT2D eigenvalue weighted by atomic mass is 79.9. The Morgan fingerprint density at radius 1 is 1.25 bits per heavy atom. The Hall–Kier alpha value is -0.790. The normalized spacial score (nSPS) is 11.6. The predicted octanol–water partition coefficient (Wildman–Crippen LogP) is 2.37. The van der Waals surface area contributed by atoms with Crippen LogP contribution in [0.25, 0.3) is 11.4 Å². The maximum atomic E-state index is 11.2. The summed E-state index contributed by atoms with van der Waals surface area (Å²) in [6, 6.07) is 7.38. The van der Waals surface area contributed by atoms with Crippen molar-refractivity contribution in [3.8, 4) is 11.4 Å². The molecule has 0 saturated carbocycles. The maximum absolute atomic E-state index is 11.2. The van der Waals surface area contributed by atoms with Gasteiger partial charge < -0.3 is 0 Å². The minimum absolute atomic E-state index is 0.0467.